The minimum absolute atomic E-state index is 0.0110. The number of rotatable bonds is 7. The van der Waals surface area contributed by atoms with Gasteiger partial charge in [-0.05, 0) is 43.0 Å². The quantitative estimate of drug-likeness (QED) is 0.699. The lowest BCUT2D eigenvalue weighted by Crippen LogP contribution is -2.39. The zero-order valence-corrected chi connectivity index (χ0v) is 15.9. The summed E-state index contributed by atoms with van der Waals surface area (Å²) in [6.45, 7) is 1.50. The molecule has 0 radical (unpaired) electrons. The number of hydrogen-bond donors (Lipinski definition) is 0. The fourth-order valence-electron chi connectivity index (χ4n) is 3.44. The number of hydrogen-bond acceptors (Lipinski definition) is 5. The van der Waals surface area contributed by atoms with Gasteiger partial charge in [-0.3, -0.25) is 9.59 Å². The van der Waals surface area contributed by atoms with Gasteiger partial charge in [-0.2, -0.15) is 0 Å². The van der Waals surface area contributed by atoms with Crippen LogP contribution in [-0.4, -0.2) is 51.6 Å². The van der Waals surface area contributed by atoms with E-state index in [9.17, 15) is 9.59 Å². The second kappa shape index (κ2) is 8.79. The number of carbonyl (C=O) groups is 2. The first-order valence-corrected chi connectivity index (χ1v) is 9.34. The van der Waals surface area contributed by atoms with Gasteiger partial charge < -0.3 is 14.2 Å². The molecule has 2 aromatic rings. The number of benzene rings is 1. The van der Waals surface area contributed by atoms with Crippen molar-refractivity contribution in [2.45, 2.75) is 32.1 Å². The van der Waals surface area contributed by atoms with Crippen LogP contribution < -0.4 is 4.74 Å². The van der Waals surface area contributed by atoms with Crippen LogP contribution in [0.15, 0.2) is 30.6 Å². The molecule has 0 atom stereocenters. The molecule has 1 amide bonds. The van der Waals surface area contributed by atoms with Crippen molar-refractivity contribution in [3.63, 3.8) is 0 Å². The van der Waals surface area contributed by atoms with E-state index in [-0.39, 0.29) is 24.5 Å². The number of Topliss-reactive ketones (excluding diaryl/α,β-unsaturated/α-hetero) is 1. The second-order valence-corrected chi connectivity index (χ2v) is 7.04. The molecule has 3 rings (SSSR count). The topological polar surface area (TPSA) is 77.3 Å². The van der Waals surface area contributed by atoms with Gasteiger partial charge in [0.2, 0.25) is 5.91 Å². The summed E-state index contributed by atoms with van der Waals surface area (Å²) >= 11 is 0. The Kier molecular flexibility index (Phi) is 6.21. The van der Waals surface area contributed by atoms with E-state index in [2.05, 4.69) is 10.2 Å². The molecule has 7 heteroatoms. The lowest BCUT2D eigenvalue weighted by atomic mass is 9.93. The fourth-order valence-corrected chi connectivity index (χ4v) is 3.44. The Hall–Kier alpha value is -2.70. The van der Waals surface area contributed by atoms with Crippen LogP contribution >= 0.6 is 0 Å². The van der Waals surface area contributed by atoms with E-state index in [0.717, 1.165) is 38.2 Å². The van der Waals surface area contributed by atoms with Crippen molar-refractivity contribution >= 4 is 11.7 Å². The second-order valence-electron chi connectivity index (χ2n) is 7.04. The number of ether oxygens (including phenoxy) is 1. The van der Waals surface area contributed by atoms with Crippen LogP contribution in [0.2, 0.25) is 0 Å². The summed E-state index contributed by atoms with van der Waals surface area (Å²) in [6.07, 6.45) is 5.04. The molecule has 7 nitrogen and oxygen atoms in total. The first kappa shape index (κ1) is 19.1. The van der Waals surface area contributed by atoms with E-state index in [0.29, 0.717) is 17.2 Å². The average molecular weight is 370 g/mol. The maximum Gasteiger partial charge on any atom is 0.223 e. The van der Waals surface area contributed by atoms with Gasteiger partial charge in [-0.15, -0.1) is 10.2 Å². The highest BCUT2D eigenvalue weighted by Gasteiger charge is 2.24. The van der Waals surface area contributed by atoms with Crippen molar-refractivity contribution in [3.05, 3.63) is 42.0 Å². The molecule has 1 aromatic heterocycles. The third kappa shape index (κ3) is 4.93. The predicted octanol–water partition coefficient (Wildman–Crippen LogP) is 2.27. The Morgan fingerprint density at radius 3 is 2.44 bits per heavy atom. The lowest BCUT2D eigenvalue weighted by Gasteiger charge is -2.31. The molecule has 1 fully saturated rings. The van der Waals surface area contributed by atoms with E-state index >= 15 is 0 Å². The van der Waals surface area contributed by atoms with E-state index in [1.165, 1.54) is 0 Å². The molecular weight excluding hydrogens is 344 g/mol. The summed E-state index contributed by atoms with van der Waals surface area (Å²) in [7, 11) is 3.54. The molecule has 1 aromatic carbocycles. The number of aromatic nitrogens is 3. The van der Waals surface area contributed by atoms with E-state index in [4.69, 9.17) is 4.74 Å². The van der Waals surface area contributed by atoms with Crippen molar-refractivity contribution in [2.75, 3.05) is 20.2 Å². The Bertz CT molecular complexity index is 777. The molecule has 2 heterocycles. The smallest absolute Gasteiger partial charge is 0.223 e. The minimum atomic E-state index is -0.0110. The number of piperidine rings is 1. The predicted molar refractivity (Wildman–Crippen MR) is 101 cm³/mol. The summed E-state index contributed by atoms with van der Waals surface area (Å²) in [5.41, 5.74) is 0.617. The molecular formula is C20H26N4O3. The van der Waals surface area contributed by atoms with Crippen LogP contribution in [0.1, 0.15) is 41.9 Å². The molecule has 144 valence electrons. The van der Waals surface area contributed by atoms with E-state index in [1.807, 2.05) is 16.5 Å². The normalized spacial score (nSPS) is 15.0. The van der Waals surface area contributed by atoms with Gasteiger partial charge in [0, 0.05) is 45.0 Å². The van der Waals surface area contributed by atoms with E-state index < -0.39 is 0 Å². The molecule has 0 saturated carbocycles. The maximum absolute atomic E-state index is 12.4. The molecule has 0 bridgehead atoms. The number of carbonyl (C=O) groups excluding carboxylic acids is 2. The SMILES string of the molecule is COc1ccc(C(=O)CCC(=O)N2CCC(Cc3nncn3C)CC2)cc1. The number of ketones is 1. The first-order valence-electron chi connectivity index (χ1n) is 9.34. The number of amides is 1. The zero-order valence-electron chi connectivity index (χ0n) is 15.9. The largest absolute Gasteiger partial charge is 0.497 e. The monoisotopic (exact) mass is 370 g/mol. The average Bonchev–Trinajstić information content (AvgIpc) is 3.11. The molecule has 1 aliphatic heterocycles. The fraction of sp³-hybridized carbons (Fsp3) is 0.500. The van der Waals surface area contributed by atoms with Crippen LogP contribution in [0.5, 0.6) is 5.75 Å². The molecule has 0 aliphatic carbocycles. The van der Waals surface area contributed by atoms with E-state index in [1.54, 1.807) is 37.7 Å². The van der Waals surface area contributed by atoms with Gasteiger partial charge in [-0.25, -0.2) is 0 Å². The van der Waals surface area contributed by atoms with Crippen molar-refractivity contribution in [2.24, 2.45) is 13.0 Å². The van der Waals surface area contributed by atoms with Crippen molar-refractivity contribution < 1.29 is 14.3 Å². The van der Waals surface area contributed by atoms with Crippen LogP contribution in [0, 0.1) is 5.92 Å². The lowest BCUT2D eigenvalue weighted by molar-refractivity contribution is -0.132. The molecule has 0 unspecified atom stereocenters. The van der Waals surface area contributed by atoms with Gasteiger partial charge in [0.1, 0.15) is 17.9 Å². The molecule has 0 spiro atoms. The van der Waals surface area contributed by atoms with Crippen LogP contribution in [-0.2, 0) is 18.3 Å². The highest BCUT2D eigenvalue weighted by molar-refractivity contribution is 5.98. The van der Waals surface area contributed by atoms with Gasteiger partial charge in [0.05, 0.1) is 7.11 Å². The molecule has 0 N–H and O–H groups in total. The zero-order chi connectivity index (χ0) is 19.2. The Balaban J connectivity index is 1.42. The summed E-state index contributed by atoms with van der Waals surface area (Å²) < 4.78 is 7.04. The Morgan fingerprint density at radius 1 is 1.15 bits per heavy atom. The number of likely N-dealkylation sites (tertiary alicyclic amines) is 1. The van der Waals surface area contributed by atoms with Gasteiger partial charge >= 0.3 is 0 Å². The van der Waals surface area contributed by atoms with Crippen molar-refractivity contribution in [1.29, 1.82) is 0 Å². The minimum Gasteiger partial charge on any atom is -0.497 e. The maximum atomic E-state index is 12.4. The number of nitrogens with zero attached hydrogens (tertiary/aromatic N) is 4. The Labute approximate surface area is 159 Å². The molecule has 27 heavy (non-hydrogen) atoms. The van der Waals surface area contributed by atoms with Gasteiger partial charge in [0.15, 0.2) is 5.78 Å². The van der Waals surface area contributed by atoms with Gasteiger partial charge in [0.25, 0.3) is 0 Å². The Morgan fingerprint density at radius 2 is 1.85 bits per heavy atom. The third-order valence-electron chi connectivity index (χ3n) is 5.22. The summed E-state index contributed by atoms with van der Waals surface area (Å²) in [5, 5.41) is 8.05. The summed E-state index contributed by atoms with van der Waals surface area (Å²) in [6, 6.07) is 7.00. The molecule has 1 aliphatic rings. The van der Waals surface area contributed by atoms with Crippen molar-refractivity contribution in [1.82, 2.24) is 19.7 Å². The highest BCUT2D eigenvalue weighted by Crippen LogP contribution is 2.22. The molecule has 1 saturated heterocycles. The third-order valence-corrected chi connectivity index (χ3v) is 5.22. The van der Waals surface area contributed by atoms with Crippen molar-refractivity contribution in [3.8, 4) is 5.75 Å². The summed E-state index contributed by atoms with van der Waals surface area (Å²) in [4.78, 5) is 26.6. The highest BCUT2D eigenvalue weighted by atomic mass is 16.5. The van der Waals surface area contributed by atoms with Crippen LogP contribution in [0.3, 0.4) is 0 Å². The van der Waals surface area contributed by atoms with Gasteiger partial charge in [-0.1, -0.05) is 0 Å². The number of methoxy groups -OCH3 is 1. The first-order chi connectivity index (χ1) is 13.1. The van der Waals surface area contributed by atoms with Crippen LogP contribution in [0.4, 0.5) is 0 Å². The van der Waals surface area contributed by atoms with Crippen LogP contribution in [0.25, 0.3) is 0 Å². The number of aryl methyl sites for hydroxylation is 1. The summed E-state index contributed by atoms with van der Waals surface area (Å²) in [5.74, 6) is 2.28. The standard InChI is InChI=1S/C20H26N4O3/c1-23-14-21-22-19(23)13-15-9-11-24(12-10-15)20(26)8-7-18(25)16-3-5-17(27-2)6-4-16/h3-6,14-15H,7-13H2,1-2H3.